The van der Waals surface area contributed by atoms with Crippen LogP contribution in [0.2, 0.25) is 0 Å². The molecule has 0 aliphatic carbocycles. The lowest BCUT2D eigenvalue weighted by Gasteiger charge is -2.14. The standard InChI is InChI=1S/C8H6N4/c9-5-7-8-6(1-2-10-7)11-3-4-12-8/h1-4,7,10H. The number of nitrogens with zero attached hydrogens (tertiary/aromatic N) is 3. The fourth-order valence-electron chi connectivity index (χ4n) is 1.11. The molecule has 58 valence electrons. The largest absolute Gasteiger partial charge is 0.371 e. The van der Waals surface area contributed by atoms with Crippen LogP contribution in [-0.2, 0) is 0 Å². The van der Waals surface area contributed by atoms with E-state index < -0.39 is 0 Å². The van der Waals surface area contributed by atoms with E-state index in [4.69, 9.17) is 5.26 Å². The molecule has 0 bridgehead atoms. The Morgan fingerprint density at radius 3 is 3.08 bits per heavy atom. The highest BCUT2D eigenvalue weighted by Crippen LogP contribution is 2.17. The zero-order chi connectivity index (χ0) is 8.39. The van der Waals surface area contributed by atoms with Crippen LogP contribution in [0.3, 0.4) is 0 Å². The summed E-state index contributed by atoms with van der Waals surface area (Å²) >= 11 is 0. The third-order valence-corrected chi connectivity index (χ3v) is 1.66. The van der Waals surface area contributed by atoms with Crippen LogP contribution in [0, 0.1) is 11.3 Å². The maximum absolute atomic E-state index is 8.72. The number of aromatic nitrogens is 2. The minimum Gasteiger partial charge on any atom is -0.371 e. The van der Waals surface area contributed by atoms with E-state index in [2.05, 4.69) is 21.4 Å². The zero-order valence-electron chi connectivity index (χ0n) is 6.23. The van der Waals surface area contributed by atoms with Crippen molar-refractivity contribution in [2.45, 2.75) is 6.04 Å². The van der Waals surface area contributed by atoms with Gasteiger partial charge in [0.05, 0.1) is 11.8 Å². The summed E-state index contributed by atoms with van der Waals surface area (Å²) in [6.07, 6.45) is 6.72. The lowest BCUT2D eigenvalue weighted by Crippen LogP contribution is -2.19. The van der Waals surface area contributed by atoms with Gasteiger partial charge in [0, 0.05) is 12.4 Å². The monoisotopic (exact) mass is 158 g/mol. The van der Waals surface area contributed by atoms with Crippen molar-refractivity contribution in [2.24, 2.45) is 0 Å². The van der Waals surface area contributed by atoms with Gasteiger partial charge in [-0.1, -0.05) is 0 Å². The quantitative estimate of drug-likeness (QED) is 0.601. The van der Waals surface area contributed by atoms with Crippen LogP contribution < -0.4 is 5.32 Å². The van der Waals surface area contributed by atoms with E-state index >= 15 is 0 Å². The van der Waals surface area contributed by atoms with Crippen molar-refractivity contribution in [1.29, 1.82) is 5.26 Å². The number of rotatable bonds is 0. The highest BCUT2D eigenvalue weighted by atomic mass is 15.0. The van der Waals surface area contributed by atoms with E-state index in [1.54, 1.807) is 24.7 Å². The van der Waals surface area contributed by atoms with Crippen molar-refractivity contribution in [3.05, 3.63) is 30.0 Å². The Hall–Kier alpha value is -1.89. The Labute approximate surface area is 69.6 Å². The fraction of sp³-hybridized carbons (Fsp3) is 0.125. The topological polar surface area (TPSA) is 61.6 Å². The smallest absolute Gasteiger partial charge is 0.159 e. The minimum absolute atomic E-state index is 0.362. The van der Waals surface area contributed by atoms with Crippen LogP contribution in [0.5, 0.6) is 0 Å². The van der Waals surface area contributed by atoms with E-state index in [0.29, 0.717) is 5.69 Å². The predicted octanol–water partition coefficient (Wildman–Crippen LogP) is 0.615. The van der Waals surface area contributed by atoms with Gasteiger partial charge in [-0.15, -0.1) is 0 Å². The van der Waals surface area contributed by atoms with Crippen LogP contribution in [0.15, 0.2) is 18.6 Å². The maximum Gasteiger partial charge on any atom is 0.159 e. The number of hydrogen-bond acceptors (Lipinski definition) is 4. The molecule has 1 aliphatic rings. The lowest BCUT2D eigenvalue weighted by atomic mass is 10.1. The van der Waals surface area contributed by atoms with Gasteiger partial charge in [0.15, 0.2) is 6.04 Å². The molecule has 0 radical (unpaired) electrons. The molecule has 0 aromatic carbocycles. The molecule has 0 saturated heterocycles. The Bertz CT molecular complexity index is 364. The molecule has 0 spiro atoms. The Morgan fingerprint density at radius 2 is 2.25 bits per heavy atom. The molecule has 4 heteroatoms. The fourth-order valence-corrected chi connectivity index (χ4v) is 1.11. The molecule has 12 heavy (non-hydrogen) atoms. The van der Waals surface area contributed by atoms with Crippen LogP contribution in [-0.4, -0.2) is 9.97 Å². The molecule has 2 heterocycles. The first-order chi connectivity index (χ1) is 5.92. The number of nitrogens with one attached hydrogen (secondary N) is 1. The summed E-state index contributed by atoms with van der Waals surface area (Å²) in [5.74, 6) is 0. The Morgan fingerprint density at radius 1 is 1.42 bits per heavy atom. The van der Waals surface area contributed by atoms with Gasteiger partial charge in [-0.05, 0) is 12.3 Å². The van der Waals surface area contributed by atoms with E-state index in [-0.39, 0.29) is 6.04 Å². The van der Waals surface area contributed by atoms with E-state index in [1.807, 2.05) is 0 Å². The van der Waals surface area contributed by atoms with Crippen molar-refractivity contribution in [2.75, 3.05) is 0 Å². The number of hydrogen-bond donors (Lipinski definition) is 1. The summed E-state index contributed by atoms with van der Waals surface area (Å²) in [4.78, 5) is 8.15. The molecule has 0 fully saturated rings. The second-order valence-electron chi connectivity index (χ2n) is 2.39. The zero-order valence-corrected chi connectivity index (χ0v) is 6.23. The first-order valence-corrected chi connectivity index (χ1v) is 3.55. The third-order valence-electron chi connectivity index (χ3n) is 1.66. The molecular weight excluding hydrogens is 152 g/mol. The summed E-state index contributed by atoms with van der Waals surface area (Å²) in [5, 5.41) is 11.6. The predicted molar refractivity (Wildman–Crippen MR) is 42.6 cm³/mol. The van der Waals surface area contributed by atoms with E-state index in [9.17, 15) is 0 Å². The van der Waals surface area contributed by atoms with Gasteiger partial charge in [-0.2, -0.15) is 5.26 Å². The molecule has 1 N–H and O–H groups in total. The van der Waals surface area contributed by atoms with Gasteiger partial charge >= 0.3 is 0 Å². The normalized spacial score (nSPS) is 19.1. The summed E-state index contributed by atoms with van der Waals surface area (Å²) in [6, 6.07) is 1.73. The van der Waals surface area contributed by atoms with Crippen LogP contribution in [0.4, 0.5) is 0 Å². The molecule has 0 saturated carbocycles. The van der Waals surface area contributed by atoms with E-state index in [0.717, 1.165) is 5.69 Å². The summed E-state index contributed by atoms with van der Waals surface area (Å²) in [7, 11) is 0. The van der Waals surface area contributed by atoms with Crippen molar-refractivity contribution in [3.8, 4) is 6.07 Å². The SMILES string of the molecule is N#CC1NC=Cc2nccnc21. The average Bonchev–Trinajstić information content (AvgIpc) is 2.17. The van der Waals surface area contributed by atoms with Gasteiger partial charge in [0.1, 0.15) is 5.69 Å². The Kier molecular flexibility index (Phi) is 1.49. The molecule has 4 nitrogen and oxygen atoms in total. The second kappa shape index (κ2) is 2.62. The highest BCUT2D eigenvalue weighted by Gasteiger charge is 2.16. The molecule has 2 rings (SSSR count). The van der Waals surface area contributed by atoms with Gasteiger partial charge in [0.2, 0.25) is 0 Å². The molecule has 1 aromatic rings. The molecule has 1 aliphatic heterocycles. The van der Waals surface area contributed by atoms with Gasteiger partial charge < -0.3 is 5.32 Å². The minimum atomic E-state index is -0.362. The van der Waals surface area contributed by atoms with Crippen molar-refractivity contribution in [3.63, 3.8) is 0 Å². The van der Waals surface area contributed by atoms with Gasteiger partial charge in [-0.25, -0.2) is 0 Å². The first kappa shape index (κ1) is 6.80. The maximum atomic E-state index is 8.72. The summed E-state index contributed by atoms with van der Waals surface area (Å²) < 4.78 is 0. The van der Waals surface area contributed by atoms with Crippen molar-refractivity contribution >= 4 is 6.08 Å². The van der Waals surface area contributed by atoms with Crippen LogP contribution in [0.1, 0.15) is 17.4 Å². The first-order valence-electron chi connectivity index (χ1n) is 3.55. The summed E-state index contributed by atoms with van der Waals surface area (Å²) in [6.45, 7) is 0. The van der Waals surface area contributed by atoms with E-state index in [1.165, 1.54) is 0 Å². The second-order valence-corrected chi connectivity index (χ2v) is 2.39. The average molecular weight is 158 g/mol. The molecule has 0 amide bonds. The molecule has 1 unspecified atom stereocenters. The van der Waals surface area contributed by atoms with Crippen molar-refractivity contribution in [1.82, 2.24) is 15.3 Å². The van der Waals surface area contributed by atoms with Gasteiger partial charge in [-0.3, -0.25) is 9.97 Å². The number of fused-ring (bicyclic) bond motifs is 1. The van der Waals surface area contributed by atoms with Crippen molar-refractivity contribution < 1.29 is 0 Å². The molecule has 1 atom stereocenters. The summed E-state index contributed by atoms with van der Waals surface area (Å²) in [5.41, 5.74) is 1.46. The highest BCUT2D eigenvalue weighted by molar-refractivity contribution is 5.51. The number of nitriles is 1. The van der Waals surface area contributed by atoms with Gasteiger partial charge in [0.25, 0.3) is 0 Å². The Balaban J connectivity index is 2.54. The third kappa shape index (κ3) is 0.920. The van der Waals surface area contributed by atoms with Crippen LogP contribution >= 0.6 is 0 Å². The molecular formula is C8H6N4. The molecule has 1 aromatic heterocycles. The van der Waals surface area contributed by atoms with Crippen LogP contribution in [0.25, 0.3) is 6.08 Å². The lowest BCUT2D eigenvalue weighted by molar-refractivity contribution is 0.722.